The molecule has 0 heterocycles. The monoisotopic (exact) mass is 206 g/mol. The normalized spacial score (nSPS) is 11.1. The van der Waals surface area contributed by atoms with Gasteiger partial charge in [0.1, 0.15) is 0 Å². The van der Waals surface area contributed by atoms with Gasteiger partial charge in [0.25, 0.3) is 5.78 Å². The van der Waals surface area contributed by atoms with E-state index in [9.17, 15) is 9.59 Å². The number of ketones is 1. The zero-order valence-corrected chi connectivity index (χ0v) is 9.07. The highest BCUT2D eigenvalue weighted by atomic mass is 16.4. The highest BCUT2D eigenvalue weighted by molar-refractivity contribution is 6.39. The van der Waals surface area contributed by atoms with Crippen molar-refractivity contribution in [2.75, 3.05) is 0 Å². The summed E-state index contributed by atoms with van der Waals surface area (Å²) in [7, 11) is 0. The number of aliphatic carboxylic acids is 1. The van der Waals surface area contributed by atoms with E-state index >= 15 is 0 Å². The molecule has 0 unspecified atom stereocenters. The summed E-state index contributed by atoms with van der Waals surface area (Å²) in [5.74, 6) is -2.28. The third kappa shape index (κ3) is 2.65. The van der Waals surface area contributed by atoms with Crippen LogP contribution in [0.4, 0.5) is 0 Å². The first-order valence-electron chi connectivity index (χ1n) is 4.70. The van der Waals surface area contributed by atoms with Crippen LogP contribution in [0, 0.1) is 0 Å². The molecule has 1 aromatic rings. The third-order valence-electron chi connectivity index (χ3n) is 2.21. The Bertz CT molecular complexity index is 382. The van der Waals surface area contributed by atoms with Crippen LogP contribution in [0.5, 0.6) is 0 Å². The first-order chi connectivity index (χ1) is 6.82. The Hall–Kier alpha value is -1.64. The molecule has 80 valence electrons. The number of benzene rings is 1. The lowest BCUT2D eigenvalue weighted by atomic mass is 9.86. The Morgan fingerprint density at radius 3 is 1.87 bits per heavy atom. The second-order valence-electron chi connectivity index (χ2n) is 4.46. The van der Waals surface area contributed by atoms with E-state index in [0.717, 1.165) is 5.56 Å². The van der Waals surface area contributed by atoms with Gasteiger partial charge in [-0.2, -0.15) is 0 Å². The van der Waals surface area contributed by atoms with Crippen molar-refractivity contribution in [2.45, 2.75) is 26.2 Å². The minimum Gasteiger partial charge on any atom is -0.475 e. The van der Waals surface area contributed by atoms with Crippen LogP contribution < -0.4 is 0 Å². The molecule has 0 aliphatic carbocycles. The maximum absolute atomic E-state index is 11.1. The fourth-order valence-corrected chi connectivity index (χ4v) is 1.25. The topological polar surface area (TPSA) is 54.4 Å². The molecular formula is C12H14O3. The Kier molecular flexibility index (Phi) is 2.93. The summed E-state index contributed by atoms with van der Waals surface area (Å²) < 4.78 is 0. The summed E-state index contributed by atoms with van der Waals surface area (Å²) in [6.07, 6.45) is 0. The van der Waals surface area contributed by atoms with Crippen molar-refractivity contribution in [3.63, 3.8) is 0 Å². The molecule has 0 fully saturated rings. The molecule has 1 rings (SSSR count). The standard InChI is InChI=1S/C12H14O3/c1-12(2,3)9-6-4-8(5-7-9)10(13)11(14)15/h4-7H,1-3H3,(H,14,15). The first-order valence-corrected chi connectivity index (χ1v) is 4.70. The van der Waals surface area contributed by atoms with Gasteiger partial charge in [0.05, 0.1) is 0 Å². The van der Waals surface area contributed by atoms with Gasteiger partial charge in [-0.25, -0.2) is 4.79 Å². The Balaban J connectivity index is 3.01. The number of hydrogen-bond acceptors (Lipinski definition) is 2. The molecular weight excluding hydrogens is 192 g/mol. The Morgan fingerprint density at radius 2 is 1.53 bits per heavy atom. The summed E-state index contributed by atoms with van der Waals surface area (Å²) in [5, 5.41) is 8.52. The average molecular weight is 206 g/mol. The maximum atomic E-state index is 11.1. The zero-order chi connectivity index (χ0) is 11.6. The van der Waals surface area contributed by atoms with Crippen molar-refractivity contribution in [3.05, 3.63) is 35.4 Å². The van der Waals surface area contributed by atoms with E-state index in [1.54, 1.807) is 24.3 Å². The average Bonchev–Trinajstić information content (AvgIpc) is 2.15. The molecule has 1 aromatic carbocycles. The number of carbonyl (C=O) groups is 2. The second kappa shape index (κ2) is 3.85. The summed E-state index contributed by atoms with van der Waals surface area (Å²) in [6, 6.07) is 6.68. The quantitative estimate of drug-likeness (QED) is 0.596. The van der Waals surface area contributed by atoms with Gasteiger partial charge in [0, 0.05) is 5.56 Å². The third-order valence-corrected chi connectivity index (χ3v) is 2.21. The van der Waals surface area contributed by atoms with Crippen molar-refractivity contribution in [1.29, 1.82) is 0 Å². The van der Waals surface area contributed by atoms with Crippen molar-refractivity contribution in [3.8, 4) is 0 Å². The first kappa shape index (κ1) is 11.4. The van der Waals surface area contributed by atoms with E-state index < -0.39 is 11.8 Å². The van der Waals surface area contributed by atoms with Crippen molar-refractivity contribution in [1.82, 2.24) is 0 Å². The fourth-order valence-electron chi connectivity index (χ4n) is 1.25. The number of Topliss-reactive ketones (excluding diaryl/α,β-unsaturated/α-hetero) is 1. The Labute approximate surface area is 88.7 Å². The largest absolute Gasteiger partial charge is 0.475 e. The molecule has 0 atom stereocenters. The van der Waals surface area contributed by atoms with Gasteiger partial charge >= 0.3 is 5.97 Å². The van der Waals surface area contributed by atoms with Crippen LogP contribution in [0.3, 0.4) is 0 Å². The van der Waals surface area contributed by atoms with Crippen LogP contribution in [-0.2, 0) is 10.2 Å². The van der Waals surface area contributed by atoms with Crippen LogP contribution in [0.15, 0.2) is 24.3 Å². The lowest BCUT2D eigenvalue weighted by Crippen LogP contribution is -2.14. The molecule has 0 saturated heterocycles. The van der Waals surface area contributed by atoms with Gasteiger partial charge in [-0.3, -0.25) is 4.79 Å². The molecule has 0 aromatic heterocycles. The SMILES string of the molecule is CC(C)(C)c1ccc(C(=O)C(=O)O)cc1. The summed E-state index contributed by atoms with van der Waals surface area (Å²) in [4.78, 5) is 21.5. The number of carboxylic acids is 1. The Morgan fingerprint density at radius 1 is 1.07 bits per heavy atom. The zero-order valence-electron chi connectivity index (χ0n) is 9.07. The van der Waals surface area contributed by atoms with Crippen LogP contribution in [0.2, 0.25) is 0 Å². The molecule has 0 spiro atoms. The highest BCUT2D eigenvalue weighted by Crippen LogP contribution is 2.22. The molecule has 0 radical (unpaired) electrons. The number of carbonyl (C=O) groups excluding carboxylic acids is 1. The lowest BCUT2D eigenvalue weighted by Gasteiger charge is -2.18. The highest BCUT2D eigenvalue weighted by Gasteiger charge is 2.17. The fraction of sp³-hybridized carbons (Fsp3) is 0.333. The predicted molar refractivity (Wildman–Crippen MR) is 57.1 cm³/mol. The predicted octanol–water partition coefficient (Wildman–Crippen LogP) is 2.25. The summed E-state index contributed by atoms with van der Waals surface area (Å²) in [5.41, 5.74) is 1.30. The molecule has 0 saturated carbocycles. The van der Waals surface area contributed by atoms with Crippen LogP contribution >= 0.6 is 0 Å². The van der Waals surface area contributed by atoms with E-state index in [4.69, 9.17) is 5.11 Å². The van der Waals surface area contributed by atoms with E-state index in [1.165, 1.54) is 0 Å². The number of hydrogen-bond donors (Lipinski definition) is 1. The van der Waals surface area contributed by atoms with Gasteiger partial charge in [0.2, 0.25) is 0 Å². The van der Waals surface area contributed by atoms with Crippen LogP contribution in [-0.4, -0.2) is 16.9 Å². The van der Waals surface area contributed by atoms with Gasteiger partial charge in [-0.1, -0.05) is 45.0 Å². The van der Waals surface area contributed by atoms with Gasteiger partial charge in [0.15, 0.2) is 0 Å². The van der Waals surface area contributed by atoms with E-state index in [1.807, 2.05) is 0 Å². The van der Waals surface area contributed by atoms with Gasteiger partial charge < -0.3 is 5.11 Å². The molecule has 15 heavy (non-hydrogen) atoms. The molecule has 1 N–H and O–H groups in total. The lowest BCUT2D eigenvalue weighted by molar-refractivity contribution is -0.131. The van der Waals surface area contributed by atoms with Crippen molar-refractivity contribution in [2.24, 2.45) is 0 Å². The smallest absolute Gasteiger partial charge is 0.377 e. The van der Waals surface area contributed by atoms with E-state index in [0.29, 0.717) is 0 Å². The van der Waals surface area contributed by atoms with E-state index in [2.05, 4.69) is 20.8 Å². The molecule has 0 aliphatic heterocycles. The minimum absolute atomic E-state index is 0.00476. The van der Waals surface area contributed by atoms with Crippen LogP contribution in [0.1, 0.15) is 36.7 Å². The van der Waals surface area contributed by atoms with Crippen molar-refractivity contribution >= 4 is 11.8 Å². The maximum Gasteiger partial charge on any atom is 0.377 e. The minimum atomic E-state index is -1.42. The van der Waals surface area contributed by atoms with Gasteiger partial charge in [-0.15, -0.1) is 0 Å². The molecule has 3 heteroatoms. The number of carboxylic acid groups (broad SMARTS) is 1. The van der Waals surface area contributed by atoms with Gasteiger partial charge in [-0.05, 0) is 11.0 Å². The number of rotatable bonds is 2. The van der Waals surface area contributed by atoms with Crippen LogP contribution in [0.25, 0.3) is 0 Å². The van der Waals surface area contributed by atoms with E-state index in [-0.39, 0.29) is 11.0 Å². The molecule has 0 amide bonds. The van der Waals surface area contributed by atoms with Crippen molar-refractivity contribution < 1.29 is 14.7 Å². The summed E-state index contributed by atoms with van der Waals surface area (Å²) in [6.45, 7) is 6.17. The summed E-state index contributed by atoms with van der Waals surface area (Å²) >= 11 is 0. The second-order valence-corrected chi connectivity index (χ2v) is 4.46. The molecule has 3 nitrogen and oxygen atoms in total. The molecule has 0 aliphatic rings. The molecule has 0 bridgehead atoms.